The number of methoxy groups -OCH3 is 1. The quantitative estimate of drug-likeness (QED) is 0.864. The Hall–Kier alpha value is -2.62. The number of rotatable bonds is 4. The van der Waals surface area contributed by atoms with Crippen molar-refractivity contribution in [2.45, 2.75) is 0 Å². The molecule has 0 spiro atoms. The van der Waals surface area contributed by atoms with Gasteiger partial charge in [0.1, 0.15) is 11.6 Å². The molecule has 0 heterocycles. The Bertz CT molecular complexity index is 621. The van der Waals surface area contributed by atoms with E-state index in [2.05, 4.69) is 5.32 Å². The van der Waals surface area contributed by atoms with E-state index in [4.69, 9.17) is 4.74 Å². The molecule has 0 radical (unpaired) electrons. The fourth-order valence-electron chi connectivity index (χ4n) is 1.69. The van der Waals surface area contributed by atoms with Gasteiger partial charge in [-0.3, -0.25) is 4.79 Å². The van der Waals surface area contributed by atoms with Gasteiger partial charge < -0.3 is 10.1 Å². The Morgan fingerprint density at radius 3 is 2.55 bits per heavy atom. The van der Waals surface area contributed by atoms with Crippen LogP contribution in [0.15, 0.2) is 54.6 Å². The number of nitrogens with one attached hydrogen (secondary N) is 1. The lowest BCUT2D eigenvalue weighted by Gasteiger charge is -2.04. The van der Waals surface area contributed by atoms with Crippen LogP contribution in [0.3, 0.4) is 0 Å². The van der Waals surface area contributed by atoms with E-state index in [0.717, 1.165) is 5.56 Å². The van der Waals surface area contributed by atoms with Crippen LogP contribution < -0.4 is 10.1 Å². The summed E-state index contributed by atoms with van der Waals surface area (Å²) in [5, 5.41) is 2.64. The summed E-state index contributed by atoms with van der Waals surface area (Å²) in [6, 6.07) is 13.0. The van der Waals surface area contributed by atoms with Gasteiger partial charge in [-0.2, -0.15) is 0 Å². The maximum absolute atomic E-state index is 12.7. The third-order valence-electron chi connectivity index (χ3n) is 2.66. The highest BCUT2D eigenvalue weighted by atomic mass is 19.1. The van der Waals surface area contributed by atoms with Gasteiger partial charge in [0, 0.05) is 17.3 Å². The number of benzene rings is 2. The summed E-state index contributed by atoms with van der Waals surface area (Å²) >= 11 is 0. The molecule has 0 saturated carbocycles. The Morgan fingerprint density at radius 2 is 1.85 bits per heavy atom. The van der Waals surface area contributed by atoms with Crippen LogP contribution in [0.1, 0.15) is 5.56 Å². The molecule has 3 nitrogen and oxygen atoms in total. The Kier molecular flexibility index (Phi) is 4.50. The number of hydrogen-bond donors (Lipinski definition) is 1. The zero-order chi connectivity index (χ0) is 14.4. The summed E-state index contributed by atoms with van der Waals surface area (Å²) in [7, 11) is 1.57. The largest absolute Gasteiger partial charge is 0.496 e. The molecule has 0 aromatic heterocycles. The van der Waals surface area contributed by atoms with Crippen molar-refractivity contribution in [1.82, 2.24) is 0 Å². The average molecular weight is 271 g/mol. The first-order valence-electron chi connectivity index (χ1n) is 6.06. The molecule has 1 amide bonds. The van der Waals surface area contributed by atoms with Crippen molar-refractivity contribution in [3.05, 3.63) is 66.0 Å². The standard InChI is InChI=1S/C16H14FNO2/c1-20-15-5-3-2-4-12(15)6-11-16(19)18-14-9-7-13(17)8-10-14/h2-11H,1H3,(H,18,19)/b11-6+. The van der Waals surface area contributed by atoms with Crippen LogP contribution >= 0.6 is 0 Å². The van der Waals surface area contributed by atoms with E-state index in [1.165, 1.54) is 30.3 Å². The van der Waals surface area contributed by atoms with Gasteiger partial charge in [-0.1, -0.05) is 18.2 Å². The lowest BCUT2D eigenvalue weighted by Crippen LogP contribution is -2.07. The Morgan fingerprint density at radius 1 is 1.15 bits per heavy atom. The first-order chi connectivity index (χ1) is 9.69. The van der Waals surface area contributed by atoms with Crippen LogP contribution in [0.2, 0.25) is 0 Å². The topological polar surface area (TPSA) is 38.3 Å². The van der Waals surface area contributed by atoms with Crippen molar-refractivity contribution in [3.8, 4) is 5.75 Å². The molecule has 2 aromatic rings. The maximum atomic E-state index is 12.7. The normalized spacial score (nSPS) is 10.5. The van der Waals surface area contributed by atoms with Crippen molar-refractivity contribution in [2.24, 2.45) is 0 Å². The Balaban J connectivity index is 2.04. The maximum Gasteiger partial charge on any atom is 0.248 e. The van der Waals surface area contributed by atoms with Gasteiger partial charge in [0.05, 0.1) is 7.11 Å². The summed E-state index contributed by atoms with van der Waals surface area (Å²) in [5.41, 5.74) is 1.35. The van der Waals surface area contributed by atoms with Gasteiger partial charge in [0.15, 0.2) is 0 Å². The second-order valence-corrected chi connectivity index (χ2v) is 4.07. The number of para-hydroxylation sites is 1. The fraction of sp³-hybridized carbons (Fsp3) is 0.0625. The molecular formula is C16H14FNO2. The first-order valence-corrected chi connectivity index (χ1v) is 6.06. The molecule has 0 bridgehead atoms. The summed E-state index contributed by atoms with van der Waals surface area (Å²) in [4.78, 5) is 11.7. The molecule has 2 rings (SSSR count). The SMILES string of the molecule is COc1ccccc1/C=C/C(=O)Nc1ccc(F)cc1. The smallest absolute Gasteiger partial charge is 0.248 e. The summed E-state index contributed by atoms with van der Waals surface area (Å²) < 4.78 is 17.9. The molecule has 0 unspecified atom stereocenters. The van der Waals surface area contributed by atoms with Gasteiger partial charge in [-0.25, -0.2) is 4.39 Å². The molecule has 102 valence electrons. The number of carbonyl (C=O) groups is 1. The van der Waals surface area contributed by atoms with E-state index in [0.29, 0.717) is 11.4 Å². The van der Waals surface area contributed by atoms with Gasteiger partial charge in [-0.15, -0.1) is 0 Å². The van der Waals surface area contributed by atoms with E-state index in [9.17, 15) is 9.18 Å². The minimum atomic E-state index is -0.340. The molecule has 0 fully saturated rings. The van der Waals surface area contributed by atoms with Gasteiger partial charge in [-0.05, 0) is 36.4 Å². The number of ether oxygens (including phenoxy) is 1. The molecular weight excluding hydrogens is 257 g/mol. The first kappa shape index (κ1) is 13.8. The highest BCUT2D eigenvalue weighted by Gasteiger charge is 2.00. The van der Waals surface area contributed by atoms with Crippen molar-refractivity contribution in [3.63, 3.8) is 0 Å². The van der Waals surface area contributed by atoms with Crippen LogP contribution in [-0.2, 0) is 4.79 Å². The van der Waals surface area contributed by atoms with Crippen molar-refractivity contribution in [2.75, 3.05) is 12.4 Å². The number of anilines is 1. The molecule has 0 atom stereocenters. The zero-order valence-electron chi connectivity index (χ0n) is 11.0. The summed E-state index contributed by atoms with van der Waals surface area (Å²) in [6.07, 6.45) is 3.07. The van der Waals surface area contributed by atoms with Crippen LogP contribution in [0.4, 0.5) is 10.1 Å². The van der Waals surface area contributed by atoms with Crippen molar-refractivity contribution < 1.29 is 13.9 Å². The average Bonchev–Trinajstić information content (AvgIpc) is 2.48. The molecule has 0 aliphatic carbocycles. The lowest BCUT2D eigenvalue weighted by atomic mass is 10.2. The monoisotopic (exact) mass is 271 g/mol. The zero-order valence-corrected chi connectivity index (χ0v) is 11.0. The van der Waals surface area contributed by atoms with Crippen LogP contribution in [0.25, 0.3) is 6.08 Å². The number of hydrogen-bond acceptors (Lipinski definition) is 2. The van der Waals surface area contributed by atoms with Crippen LogP contribution in [0.5, 0.6) is 5.75 Å². The second kappa shape index (κ2) is 6.52. The molecule has 0 aliphatic rings. The molecule has 0 aliphatic heterocycles. The second-order valence-electron chi connectivity index (χ2n) is 4.07. The highest BCUT2D eigenvalue weighted by molar-refractivity contribution is 6.02. The molecule has 2 aromatic carbocycles. The Labute approximate surface area is 116 Å². The third-order valence-corrected chi connectivity index (χ3v) is 2.66. The van der Waals surface area contributed by atoms with E-state index in [-0.39, 0.29) is 11.7 Å². The van der Waals surface area contributed by atoms with Gasteiger partial charge in [0.25, 0.3) is 0 Å². The number of carbonyl (C=O) groups excluding carboxylic acids is 1. The van der Waals surface area contributed by atoms with Gasteiger partial charge in [0.2, 0.25) is 5.91 Å². The summed E-state index contributed by atoms with van der Waals surface area (Å²) in [6.45, 7) is 0. The molecule has 20 heavy (non-hydrogen) atoms. The summed E-state index contributed by atoms with van der Waals surface area (Å²) in [5.74, 6) is 0.0633. The van der Waals surface area contributed by atoms with Crippen LogP contribution in [-0.4, -0.2) is 13.0 Å². The van der Waals surface area contributed by atoms with E-state index >= 15 is 0 Å². The number of amides is 1. The molecule has 0 saturated heterocycles. The molecule has 4 heteroatoms. The van der Waals surface area contributed by atoms with Gasteiger partial charge >= 0.3 is 0 Å². The van der Waals surface area contributed by atoms with Crippen molar-refractivity contribution in [1.29, 1.82) is 0 Å². The molecule has 1 N–H and O–H groups in total. The van der Waals surface area contributed by atoms with E-state index in [1.54, 1.807) is 13.2 Å². The fourth-order valence-corrected chi connectivity index (χ4v) is 1.69. The number of halogens is 1. The lowest BCUT2D eigenvalue weighted by molar-refractivity contribution is -0.111. The third kappa shape index (κ3) is 3.68. The predicted molar refractivity (Wildman–Crippen MR) is 77.1 cm³/mol. The van der Waals surface area contributed by atoms with E-state index < -0.39 is 0 Å². The van der Waals surface area contributed by atoms with Crippen LogP contribution in [0, 0.1) is 5.82 Å². The minimum Gasteiger partial charge on any atom is -0.496 e. The van der Waals surface area contributed by atoms with E-state index in [1.807, 2.05) is 24.3 Å². The highest BCUT2D eigenvalue weighted by Crippen LogP contribution is 2.18. The predicted octanol–water partition coefficient (Wildman–Crippen LogP) is 3.49. The van der Waals surface area contributed by atoms with Crippen molar-refractivity contribution >= 4 is 17.7 Å². The minimum absolute atomic E-state index is 0.289.